The Labute approximate surface area is 123 Å². The van der Waals surface area contributed by atoms with Crippen LogP contribution in [0.2, 0.25) is 0 Å². The van der Waals surface area contributed by atoms with E-state index >= 15 is 0 Å². The minimum atomic E-state index is -1.14. The van der Waals surface area contributed by atoms with Crippen molar-refractivity contribution in [1.82, 2.24) is 5.32 Å². The Kier molecular flexibility index (Phi) is 5.66. The maximum Gasteiger partial charge on any atom is 0.323 e. The van der Waals surface area contributed by atoms with Crippen LogP contribution in [0.4, 0.5) is 5.69 Å². The van der Waals surface area contributed by atoms with Gasteiger partial charge in [-0.3, -0.25) is 20.2 Å². The fraction of sp³-hybridized carbons (Fsp3) is 0.500. The third-order valence-electron chi connectivity index (χ3n) is 3.00. The number of nitrogens with zero attached hydrogens (tertiary/aromatic N) is 1. The smallest absolute Gasteiger partial charge is 0.323 e. The van der Waals surface area contributed by atoms with Crippen LogP contribution >= 0.6 is 0 Å². The quantitative estimate of drug-likeness (QED) is 0.563. The van der Waals surface area contributed by atoms with Crippen molar-refractivity contribution in [2.75, 3.05) is 6.61 Å². The van der Waals surface area contributed by atoms with E-state index in [0.29, 0.717) is 0 Å². The lowest BCUT2D eigenvalue weighted by Crippen LogP contribution is -2.53. The van der Waals surface area contributed by atoms with E-state index in [1.165, 1.54) is 12.1 Å². The summed E-state index contributed by atoms with van der Waals surface area (Å²) in [5, 5.41) is 23.1. The molecule has 0 aliphatic rings. The van der Waals surface area contributed by atoms with Gasteiger partial charge in [-0.15, -0.1) is 0 Å². The lowest BCUT2D eigenvalue weighted by molar-refractivity contribution is -0.385. The van der Waals surface area contributed by atoms with Gasteiger partial charge in [0.1, 0.15) is 5.54 Å². The number of carboxylic acids is 1. The average molecular weight is 296 g/mol. The van der Waals surface area contributed by atoms with Crippen molar-refractivity contribution < 1.29 is 19.6 Å². The monoisotopic (exact) mass is 296 g/mol. The molecule has 0 fully saturated rings. The zero-order valence-corrected chi connectivity index (χ0v) is 12.3. The first-order valence-electron chi connectivity index (χ1n) is 6.63. The molecule has 1 unspecified atom stereocenters. The zero-order valence-electron chi connectivity index (χ0n) is 12.3. The first kappa shape index (κ1) is 16.9. The number of carbonyl (C=O) groups is 1. The lowest BCUT2D eigenvalue weighted by atomic mass is 9.97. The predicted octanol–water partition coefficient (Wildman–Crippen LogP) is 2.20. The maximum absolute atomic E-state index is 11.3. The highest BCUT2D eigenvalue weighted by atomic mass is 16.6. The molecule has 0 heterocycles. The van der Waals surface area contributed by atoms with Crippen LogP contribution in [-0.2, 0) is 4.79 Å². The average Bonchev–Trinajstić information content (AvgIpc) is 2.38. The number of benzene rings is 1. The van der Waals surface area contributed by atoms with Crippen molar-refractivity contribution in [3.63, 3.8) is 0 Å². The van der Waals surface area contributed by atoms with E-state index in [2.05, 4.69) is 5.32 Å². The van der Waals surface area contributed by atoms with Gasteiger partial charge in [-0.1, -0.05) is 12.1 Å². The Morgan fingerprint density at radius 2 is 2.10 bits per heavy atom. The summed E-state index contributed by atoms with van der Waals surface area (Å²) in [6.07, 6.45) is 0.187. The first-order chi connectivity index (χ1) is 9.76. The van der Waals surface area contributed by atoms with Crippen LogP contribution in [0.3, 0.4) is 0 Å². The second-order valence-corrected chi connectivity index (χ2v) is 5.26. The Morgan fingerprint density at radius 3 is 2.62 bits per heavy atom. The lowest BCUT2D eigenvalue weighted by Gasteiger charge is -2.28. The molecule has 0 aliphatic heterocycles. The third kappa shape index (κ3) is 4.71. The highest BCUT2D eigenvalue weighted by molar-refractivity contribution is 5.78. The SMILES string of the molecule is CC(C)NC(C)(CCOc1ccccc1[N+](=O)[O-])C(=O)O. The minimum absolute atomic E-state index is 0.00263. The van der Waals surface area contributed by atoms with E-state index in [1.807, 2.05) is 13.8 Å². The Balaban J connectivity index is 2.71. The summed E-state index contributed by atoms with van der Waals surface area (Å²) < 4.78 is 5.38. The summed E-state index contributed by atoms with van der Waals surface area (Å²) in [4.78, 5) is 21.7. The molecule has 116 valence electrons. The van der Waals surface area contributed by atoms with Crippen molar-refractivity contribution >= 4 is 11.7 Å². The summed E-state index contributed by atoms with van der Waals surface area (Å²) in [6.45, 7) is 5.33. The minimum Gasteiger partial charge on any atom is -0.487 e. The Bertz CT molecular complexity index is 518. The van der Waals surface area contributed by atoms with Crippen LogP contribution < -0.4 is 10.1 Å². The molecule has 0 saturated carbocycles. The van der Waals surface area contributed by atoms with E-state index < -0.39 is 16.4 Å². The van der Waals surface area contributed by atoms with Crippen molar-refractivity contribution in [3.05, 3.63) is 34.4 Å². The van der Waals surface area contributed by atoms with Gasteiger partial charge in [0.15, 0.2) is 5.75 Å². The van der Waals surface area contributed by atoms with Gasteiger partial charge < -0.3 is 9.84 Å². The number of nitro groups is 1. The number of nitro benzene ring substituents is 1. The summed E-state index contributed by atoms with van der Waals surface area (Å²) in [7, 11) is 0. The topological polar surface area (TPSA) is 102 Å². The predicted molar refractivity (Wildman–Crippen MR) is 77.5 cm³/mol. The summed E-state index contributed by atoms with van der Waals surface area (Å²) in [5.41, 5.74) is -1.27. The second-order valence-electron chi connectivity index (χ2n) is 5.26. The molecule has 7 nitrogen and oxygen atoms in total. The van der Waals surface area contributed by atoms with Crippen molar-refractivity contribution in [2.45, 2.75) is 38.8 Å². The summed E-state index contributed by atoms with van der Waals surface area (Å²) >= 11 is 0. The van der Waals surface area contributed by atoms with Gasteiger partial charge in [0.05, 0.1) is 11.5 Å². The van der Waals surface area contributed by atoms with Gasteiger partial charge in [0, 0.05) is 18.5 Å². The van der Waals surface area contributed by atoms with Crippen LogP contribution in [0, 0.1) is 10.1 Å². The van der Waals surface area contributed by atoms with Crippen LogP contribution in [0.25, 0.3) is 0 Å². The van der Waals surface area contributed by atoms with Gasteiger partial charge in [-0.25, -0.2) is 0 Å². The molecule has 0 amide bonds. The molecule has 1 rings (SSSR count). The molecule has 21 heavy (non-hydrogen) atoms. The second kappa shape index (κ2) is 7.03. The molecule has 2 N–H and O–H groups in total. The van der Waals surface area contributed by atoms with Crippen LogP contribution in [0.15, 0.2) is 24.3 Å². The number of nitrogens with one attached hydrogen (secondary N) is 1. The highest BCUT2D eigenvalue weighted by Gasteiger charge is 2.33. The van der Waals surface area contributed by atoms with Crippen LogP contribution in [0.5, 0.6) is 5.75 Å². The van der Waals surface area contributed by atoms with E-state index in [4.69, 9.17) is 4.74 Å². The van der Waals surface area contributed by atoms with E-state index in [9.17, 15) is 20.0 Å². The molecule has 0 aliphatic carbocycles. The number of aliphatic carboxylic acids is 1. The number of carboxylic acid groups (broad SMARTS) is 1. The van der Waals surface area contributed by atoms with E-state index in [1.54, 1.807) is 19.1 Å². The van der Waals surface area contributed by atoms with Gasteiger partial charge in [-0.2, -0.15) is 0 Å². The van der Waals surface area contributed by atoms with Gasteiger partial charge >= 0.3 is 11.7 Å². The van der Waals surface area contributed by atoms with Crippen molar-refractivity contribution in [1.29, 1.82) is 0 Å². The molecule has 1 aromatic rings. The number of hydrogen-bond acceptors (Lipinski definition) is 5. The molecule has 1 atom stereocenters. The molecular weight excluding hydrogens is 276 g/mol. The number of ether oxygens (including phenoxy) is 1. The van der Waals surface area contributed by atoms with Crippen LogP contribution in [-0.4, -0.2) is 34.2 Å². The molecule has 0 radical (unpaired) electrons. The molecular formula is C14H20N2O5. The third-order valence-corrected chi connectivity index (χ3v) is 3.00. The number of rotatable bonds is 8. The van der Waals surface area contributed by atoms with Gasteiger partial charge in [0.25, 0.3) is 0 Å². The number of para-hydroxylation sites is 2. The van der Waals surface area contributed by atoms with Crippen LogP contribution in [0.1, 0.15) is 27.2 Å². The number of hydrogen-bond donors (Lipinski definition) is 2. The fourth-order valence-electron chi connectivity index (χ4n) is 1.97. The molecule has 0 saturated heterocycles. The zero-order chi connectivity index (χ0) is 16.0. The molecule has 7 heteroatoms. The Morgan fingerprint density at radius 1 is 1.48 bits per heavy atom. The van der Waals surface area contributed by atoms with Gasteiger partial charge in [-0.05, 0) is 26.8 Å². The standard InChI is InChI=1S/C14H20N2O5/c1-10(2)15-14(3,13(17)18)8-9-21-12-7-5-4-6-11(12)16(19)20/h4-7,10,15H,8-9H2,1-3H3,(H,17,18). The van der Waals surface area contributed by atoms with Crippen molar-refractivity contribution in [3.8, 4) is 5.75 Å². The first-order valence-corrected chi connectivity index (χ1v) is 6.63. The normalized spacial score (nSPS) is 13.7. The Hall–Kier alpha value is -2.15. The molecule has 1 aromatic carbocycles. The fourth-order valence-corrected chi connectivity index (χ4v) is 1.97. The molecule has 0 spiro atoms. The van der Waals surface area contributed by atoms with Crippen molar-refractivity contribution in [2.24, 2.45) is 0 Å². The highest BCUT2D eigenvalue weighted by Crippen LogP contribution is 2.26. The largest absolute Gasteiger partial charge is 0.487 e. The van der Waals surface area contributed by atoms with Gasteiger partial charge in [0.2, 0.25) is 0 Å². The van der Waals surface area contributed by atoms with E-state index in [-0.39, 0.29) is 30.5 Å². The van der Waals surface area contributed by atoms with E-state index in [0.717, 1.165) is 0 Å². The molecule has 0 aromatic heterocycles. The maximum atomic E-state index is 11.3. The summed E-state index contributed by atoms with van der Waals surface area (Å²) in [6, 6.07) is 6.01. The summed E-state index contributed by atoms with van der Waals surface area (Å²) in [5.74, 6) is -0.845. The molecule has 0 bridgehead atoms.